The molecule has 1 fully saturated rings. The van der Waals surface area contributed by atoms with Crippen LogP contribution in [0.5, 0.6) is 0 Å². The van der Waals surface area contributed by atoms with Crippen molar-refractivity contribution in [3.8, 4) is 0 Å². The molecule has 1 N–H and O–H groups in total. The number of carbonyl (C=O) groups is 1. The molecule has 0 unspecified atom stereocenters. The number of thiophene rings is 1. The van der Waals surface area contributed by atoms with Crippen LogP contribution in [-0.4, -0.2) is 40.1 Å². The number of likely N-dealkylation sites (tertiary alicyclic amines) is 1. The molecule has 1 aliphatic rings. The van der Waals surface area contributed by atoms with E-state index in [9.17, 15) is 9.90 Å². The molecule has 2 atom stereocenters. The Balaban J connectivity index is 1.32. The minimum atomic E-state index is -0.473. The first-order chi connectivity index (χ1) is 13.2. The summed E-state index contributed by atoms with van der Waals surface area (Å²) in [5.74, 6) is 0.208. The molecule has 0 bridgehead atoms. The highest BCUT2D eigenvalue weighted by molar-refractivity contribution is 7.09. The van der Waals surface area contributed by atoms with Crippen LogP contribution >= 0.6 is 11.3 Å². The summed E-state index contributed by atoms with van der Waals surface area (Å²) in [6, 6.07) is 16.3. The standard InChI is InChI=1S/C22H24N2O2S/c25-21-15-24(22(26)9-3-6-19-7-4-12-27-19)14-17(21)13-18-11-10-16-5-1-2-8-20(16)23-18/h1-2,4-5,7-8,10-12,17,21,25H,3,6,9,13-15H2/t17-,21-/m1/s1. The van der Waals surface area contributed by atoms with Crippen LogP contribution in [0, 0.1) is 5.92 Å². The van der Waals surface area contributed by atoms with E-state index >= 15 is 0 Å². The summed E-state index contributed by atoms with van der Waals surface area (Å²) >= 11 is 1.74. The molecule has 0 aliphatic carbocycles. The fourth-order valence-electron chi connectivity index (χ4n) is 3.78. The van der Waals surface area contributed by atoms with Crippen molar-refractivity contribution < 1.29 is 9.90 Å². The fourth-order valence-corrected chi connectivity index (χ4v) is 4.53. The van der Waals surface area contributed by atoms with Gasteiger partial charge in [-0.2, -0.15) is 0 Å². The lowest BCUT2D eigenvalue weighted by molar-refractivity contribution is -0.130. The number of carbonyl (C=O) groups excluding carboxylic acids is 1. The predicted octanol–water partition coefficient (Wildman–Crippen LogP) is 3.68. The van der Waals surface area contributed by atoms with E-state index in [2.05, 4.69) is 17.5 Å². The highest BCUT2D eigenvalue weighted by Crippen LogP contribution is 2.23. The molecule has 0 saturated carbocycles. The lowest BCUT2D eigenvalue weighted by Crippen LogP contribution is -2.29. The number of aliphatic hydroxyl groups is 1. The van der Waals surface area contributed by atoms with E-state index in [0.717, 1.165) is 29.4 Å². The zero-order valence-electron chi connectivity index (χ0n) is 15.3. The van der Waals surface area contributed by atoms with Gasteiger partial charge in [0.2, 0.25) is 5.91 Å². The molecule has 4 nitrogen and oxygen atoms in total. The summed E-state index contributed by atoms with van der Waals surface area (Å²) in [5, 5.41) is 13.6. The van der Waals surface area contributed by atoms with Gasteiger partial charge < -0.3 is 10.0 Å². The van der Waals surface area contributed by atoms with Crippen LogP contribution in [0.15, 0.2) is 53.9 Å². The van der Waals surface area contributed by atoms with E-state index < -0.39 is 6.10 Å². The number of benzene rings is 1. The number of aryl methyl sites for hydroxylation is 1. The van der Waals surface area contributed by atoms with E-state index in [1.54, 1.807) is 11.3 Å². The Morgan fingerprint density at radius 2 is 2.04 bits per heavy atom. The highest BCUT2D eigenvalue weighted by atomic mass is 32.1. The number of hydrogen-bond acceptors (Lipinski definition) is 4. The molecule has 1 aromatic carbocycles. The van der Waals surface area contributed by atoms with Gasteiger partial charge in [-0.25, -0.2) is 0 Å². The largest absolute Gasteiger partial charge is 0.391 e. The first-order valence-corrected chi connectivity index (χ1v) is 10.4. The van der Waals surface area contributed by atoms with Crippen molar-refractivity contribution in [2.45, 2.75) is 31.8 Å². The number of amides is 1. The first-order valence-electron chi connectivity index (χ1n) is 9.52. The van der Waals surface area contributed by atoms with Gasteiger partial charge in [0.1, 0.15) is 0 Å². The summed E-state index contributed by atoms with van der Waals surface area (Å²) in [6.45, 7) is 1.06. The van der Waals surface area contributed by atoms with Gasteiger partial charge in [0.15, 0.2) is 0 Å². The van der Waals surface area contributed by atoms with Crippen LogP contribution in [0.25, 0.3) is 10.9 Å². The van der Waals surface area contributed by atoms with Crippen molar-refractivity contribution >= 4 is 28.1 Å². The molecule has 3 aromatic rings. The van der Waals surface area contributed by atoms with Gasteiger partial charge in [0, 0.05) is 41.4 Å². The van der Waals surface area contributed by atoms with Crippen molar-refractivity contribution in [3.05, 3.63) is 64.5 Å². The third-order valence-corrected chi connectivity index (χ3v) is 6.22. The SMILES string of the molecule is O=C(CCCc1cccs1)N1C[C@@H](Cc2ccc3ccccc3n2)[C@H](O)C1. The van der Waals surface area contributed by atoms with Gasteiger partial charge in [0.05, 0.1) is 11.6 Å². The van der Waals surface area contributed by atoms with Crippen LogP contribution < -0.4 is 0 Å². The van der Waals surface area contributed by atoms with Gasteiger partial charge >= 0.3 is 0 Å². The third-order valence-electron chi connectivity index (χ3n) is 5.28. The summed E-state index contributed by atoms with van der Waals surface area (Å²) in [6.07, 6.45) is 2.59. The molecule has 3 heterocycles. The minimum Gasteiger partial charge on any atom is -0.391 e. The lowest BCUT2D eigenvalue weighted by atomic mass is 9.99. The lowest BCUT2D eigenvalue weighted by Gasteiger charge is -2.16. The molecule has 2 aromatic heterocycles. The number of rotatable bonds is 6. The number of hydrogen-bond donors (Lipinski definition) is 1. The Morgan fingerprint density at radius 3 is 2.89 bits per heavy atom. The minimum absolute atomic E-state index is 0.0555. The molecule has 27 heavy (non-hydrogen) atoms. The first kappa shape index (κ1) is 18.1. The normalized spacial score (nSPS) is 19.7. The van der Waals surface area contributed by atoms with Crippen LogP contribution in [-0.2, 0) is 17.6 Å². The maximum Gasteiger partial charge on any atom is 0.222 e. The summed E-state index contributed by atoms with van der Waals surface area (Å²) in [5.41, 5.74) is 1.95. The monoisotopic (exact) mass is 380 g/mol. The van der Waals surface area contributed by atoms with Crippen molar-refractivity contribution in [1.82, 2.24) is 9.88 Å². The van der Waals surface area contributed by atoms with Crippen LogP contribution in [0.2, 0.25) is 0 Å². The average molecular weight is 381 g/mol. The number of nitrogens with zero attached hydrogens (tertiary/aromatic N) is 2. The fraction of sp³-hybridized carbons (Fsp3) is 0.364. The van der Waals surface area contributed by atoms with Crippen molar-refractivity contribution in [2.75, 3.05) is 13.1 Å². The molecule has 1 saturated heterocycles. The molecular formula is C22H24N2O2S. The Kier molecular flexibility index (Phi) is 5.50. The topological polar surface area (TPSA) is 53.4 Å². The number of fused-ring (bicyclic) bond motifs is 1. The molecule has 140 valence electrons. The smallest absolute Gasteiger partial charge is 0.222 e. The predicted molar refractivity (Wildman–Crippen MR) is 109 cm³/mol. The quantitative estimate of drug-likeness (QED) is 0.710. The third kappa shape index (κ3) is 4.37. The van der Waals surface area contributed by atoms with E-state index in [4.69, 9.17) is 4.98 Å². The highest BCUT2D eigenvalue weighted by Gasteiger charge is 2.33. The molecular weight excluding hydrogens is 356 g/mol. The number of para-hydroxylation sites is 1. The molecule has 4 rings (SSSR count). The van der Waals surface area contributed by atoms with E-state index in [0.29, 0.717) is 25.9 Å². The zero-order chi connectivity index (χ0) is 18.6. The molecule has 5 heteroatoms. The molecule has 1 amide bonds. The van der Waals surface area contributed by atoms with Gasteiger partial charge in [-0.15, -0.1) is 11.3 Å². The van der Waals surface area contributed by atoms with Gasteiger partial charge in [0.25, 0.3) is 0 Å². The molecule has 1 aliphatic heterocycles. The van der Waals surface area contributed by atoms with Gasteiger partial charge in [-0.05, 0) is 42.8 Å². The Morgan fingerprint density at radius 1 is 1.15 bits per heavy atom. The summed E-state index contributed by atoms with van der Waals surface area (Å²) < 4.78 is 0. The maximum atomic E-state index is 12.5. The molecule has 0 spiro atoms. The number of pyridine rings is 1. The van der Waals surface area contributed by atoms with Crippen LogP contribution in [0.3, 0.4) is 0 Å². The van der Waals surface area contributed by atoms with E-state index in [1.165, 1.54) is 4.88 Å². The Hall–Kier alpha value is -2.24. The summed E-state index contributed by atoms with van der Waals surface area (Å²) in [7, 11) is 0. The second-order valence-corrected chi connectivity index (χ2v) is 8.29. The van der Waals surface area contributed by atoms with Gasteiger partial charge in [-0.3, -0.25) is 9.78 Å². The van der Waals surface area contributed by atoms with Gasteiger partial charge in [-0.1, -0.05) is 30.3 Å². The maximum absolute atomic E-state index is 12.5. The summed E-state index contributed by atoms with van der Waals surface area (Å²) in [4.78, 5) is 20.4. The van der Waals surface area contributed by atoms with E-state index in [-0.39, 0.29) is 11.8 Å². The Bertz CT molecular complexity index is 910. The van der Waals surface area contributed by atoms with Crippen LogP contribution in [0.1, 0.15) is 23.4 Å². The number of β-amino-alcohol motifs (C(OH)–C–C–N with tert-alkyl or cyclic N) is 1. The number of aromatic nitrogens is 1. The van der Waals surface area contributed by atoms with Crippen molar-refractivity contribution in [1.29, 1.82) is 0 Å². The van der Waals surface area contributed by atoms with E-state index in [1.807, 2.05) is 41.3 Å². The number of aliphatic hydroxyl groups excluding tert-OH is 1. The molecule has 0 radical (unpaired) electrons. The van der Waals surface area contributed by atoms with Crippen molar-refractivity contribution in [3.63, 3.8) is 0 Å². The van der Waals surface area contributed by atoms with Crippen molar-refractivity contribution in [2.24, 2.45) is 5.92 Å². The Labute approximate surface area is 163 Å². The zero-order valence-corrected chi connectivity index (χ0v) is 16.1. The average Bonchev–Trinajstić information content (AvgIpc) is 3.32. The second kappa shape index (κ2) is 8.19. The van der Waals surface area contributed by atoms with Crippen LogP contribution in [0.4, 0.5) is 0 Å². The second-order valence-electron chi connectivity index (χ2n) is 7.26.